The molecule has 0 spiro atoms. The van der Waals surface area contributed by atoms with E-state index in [1.165, 1.54) is 0 Å². The van der Waals surface area contributed by atoms with Gasteiger partial charge in [-0.3, -0.25) is 0 Å². The normalized spacial score (nSPS) is 15.3. The van der Waals surface area contributed by atoms with Crippen molar-refractivity contribution < 1.29 is 39.8 Å². The van der Waals surface area contributed by atoms with E-state index in [4.69, 9.17) is 30.5 Å². The summed E-state index contributed by atoms with van der Waals surface area (Å²) in [6.45, 7) is -0.688. The highest BCUT2D eigenvalue weighted by molar-refractivity contribution is 6.32. The second-order valence-corrected chi connectivity index (χ2v) is 2.21. The Balaban J connectivity index is 0. The second-order valence-electron chi connectivity index (χ2n) is 2.21. The molecule has 0 bridgehead atoms. The smallest absolute Gasteiger partial charge is 0.456 e. The largest absolute Gasteiger partial charge is 0.469 e. The lowest BCUT2D eigenvalue weighted by Crippen LogP contribution is -2.40. The van der Waals surface area contributed by atoms with Crippen LogP contribution in [0.5, 0.6) is 0 Å². The van der Waals surface area contributed by atoms with Crippen LogP contribution in [0.3, 0.4) is 0 Å². The molecule has 0 unspecified atom stereocenters. The van der Waals surface area contributed by atoms with Gasteiger partial charge in [0.05, 0.1) is 6.61 Å². The standard InChI is InChI=1S/C5H10O5.B2H2O3/c6-1-3(8)5(10)4(9)2-7;3-1-5-2-4/h1,3-5,7-10H,2H2;3-4H/t3-,4+,5+;/m0./s1. The molecular formula is C5H12B2O8. The molecule has 0 aliphatic rings. The van der Waals surface area contributed by atoms with Gasteiger partial charge < -0.3 is 39.8 Å². The Labute approximate surface area is 87.4 Å². The number of carbonyl (C=O) groups is 1. The molecule has 2 radical (unpaired) electrons. The molecule has 0 saturated heterocycles. The van der Waals surface area contributed by atoms with E-state index in [1.54, 1.807) is 0 Å². The summed E-state index contributed by atoms with van der Waals surface area (Å²) in [6, 6.07) is 0. The van der Waals surface area contributed by atoms with E-state index in [-0.39, 0.29) is 6.29 Å². The van der Waals surface area contributed by atoms with Gasteiger partial charge in [0.25, 0.3) is 0 Å². The Morgan fingerprint density at radius 3 is 1.87 bits per heavy atom. The first-order valence-corrected chi connectivity index (χ1v) is 3.72. The molecule has 8 nitrogen and oxygen atoms in total. The van der Waals surface area contributed by atoms with Crippen molar-refractivity contribution in [2.45, 2.75) is 18.3 Å². The van der Waals surface area contributed by atoms with Gasteiger partial charge in [0.2, 0.25) is 0 Å². The van der Waals surface area contributed by atoms with Crippen LogP contribution in [0.2, 0.25) is 0 Å². The molecular weight excluding hydrogens is 210 g/mol. The predicted octanol–water partition coefficient (Wildman–Crippen LogP) is -4.68. The Morgan fingerprint density at radius 1 is 1.20 bits per heavy atom. The Bertz CT molecular complexity index is 145. The highest BCUT2D eigenvalue weighted by Gasteiger charge is 2.22. The molecule has 0 rings (SSSR count). The van der Waals surface area contributed by atoms with Gasteiger partial charge in [-0.15, -0.1) is 0 Å². The third kappa shape index (κ3) is 9.82. The summed E-state index contributed by atoms with van der Waals surface area (Å²) in [5, 5.41) is 49.1. The third-order valence-electron chi connectivity index (χ3n) is 1.19. The SMILES string of the molecule is O=C[C@H](O)[C@@H](O)[C@H](O)CO.O[B]O[B]O. The van der Waals surface area contributed by atoms with Crippen molar-refractivity contribution in [3.63, 3.8) is 0 Å². The molecule has 10 heteroatoms. The van der Waals surface area contributed by atoms with Crippen molar-refractivity contribution in [3.8, 4) is 0 Å². The minimum Gasteiger partial charge on any atom is -0.456 e. The van der Waals surface area contributed by atoms with E-state index in [1.807, 2.05) is 0 Å². The fraction of sp³-hybridized carbons (Fsp3) is 0.800. The second kappa shape index (κ2) is 11.6. The molecule has 6 N–H and O–H groups in total. The molecule has 86 valence electrons. The van der Waals surface area contributed by atoms with E-state index < -0.39 is 24.9 Å². The summed E-state index contributed by atoms with van der Waals surface area (Å²) < 4.78 is 3.69. The summed E-state index contributed by atoms with van der Waals surface area (Å²) in [6.07, 6.45) is -4.63. The van der Waals surface area contributed by atoms with Gasteiger partial charge in [-0.05, 0) is 0 Å². The van der Waals surface area contributed by atoms with E-state index in [0.717, 1.165) is 0 Å². The van der Waals surface area contributed by atoms with Gasteiger partial charge in [-0.2, -0.15) is 0 Å². The third-order valence-corrected chi connectivity index (χ3v) is 1.19. The summed E-state index contributed by atoms with van der Waals surface area (Å²) in [7, 11) is 0.750. The topological polar surface area (TPSA) is 148 Å². The first kappa shape index (κ1) is 16.9. The lowest BCUT2D eigenvalue weighted by Gasteiger charge is -2.16. The van der Waals surface area contributed by atoms with E-state index >= 15 is 0 Å². The molecule has 0 amide bonds. The fourth-order valence-electron chi connectivity index (χ4n) is 0.443. The summed E-state index contributed by atoms with van der Waals surface area (Å²) in [5.41, 5.74) is 0. The number of aldehydes is 1. The van der Waals surface area contributed by atoms with Gasteiger partial charge in [-0.25, -0.2) is 0 Å². The van der Waals surface area contributed by atoms with Crippen molar-refractivity contribution in [2.75, 3.05) is 6.61 Å². The Kier molecular flexibility index (Phi) is 13.1. The van der Waals surface area contributed by atoms with Crippen LogP contribution in [0, 0.1) is 0 Å². The lowest BCUT2D eigenvalue weighted by molar-refractivity contribution is -0.127. The average molecular weight is 222 g/mol. The van der Waals surface area contributed by atoms with E-state index in [2.05, 4.69) is 4.57 Å². The first-order chi connectivity index (χ1) is 7.04. The Hall–Kier alpha value is -0.480. The van der Waals surface area contributed by atoms with Crippen LogP contribution in [0.4, 0.5) is 0 Å². The van der Waals surface area contributed by atoms with Gasteiger partial charge in [-0.1, -0.05) is 0 Å². The minimum absolute atomic E-state index is 0.0869. The number of carbonyl (C=O) groups excluding carboxylic acids is 1. The van der Waals surface area contributed by atoms with Crippen molar-refractivity contribution in [3.05, 3.63) is 0 Å². The number of rotatable bonds is 6. The average Bonchev–Trinajstić information content (AvgIpc) is 2.27. The minimum atomic E-state index is -1.64. The maximum atomic E-state index is 9.76. The zero-order valence-electron chi connectivity index (χ0n) is 7.67. The summed E-state index contributed by atoms with van der Waals surface area (Å²) in [4.78, 5) is 9.76. The van der Waals surface area contributed by atoms with Gasteiger partial charge in [0, 0.05) is 0 Å². The quantitative estimate of drug-likeness (QED) is 0.194. The predicted molar refractivity (Wildman–Crippen MR) is 48.2 cm³/mol. The highest BCUT2D eigenvalue weighted by atomic mass is 16.5. The van der Waals surface area contributed by atoms with E-state index in [9.17, 15) is 4.79 Å². The maximum absolute atomic E-state index is 9.76. The molecule has 0 aromatic carbocycles. The number of hydrogen-bond donors (Lipinski definition) is 6. The zero-order chi connectivity index (χ0) is 12.3. The van der Waals surface area contributed by atoms with Crippen molar-refractivity contribution >= 4 is 21.7 Å². The Morgan fingerprint density at radius 2 is 1.67 bits per heavy atom. The molecule has 0 fully saturated rings. The van der Waals surface area contributed by atoms with Crippen LogP contribution in [0.25, 0.3) is 0 Å². The van der Waals surface area contributed by atoms with Crippen molar-refractivity contribution in [2.24, 2.45) is 0 Å². The molecule has 0 aromatic heterocycles. The van der Waals surface area contributed by atoms with Crippen LogP contribution in [-0.4, -0.2) is 77.0 Å². The fourth-order valence-corrected chi connectivity index (χ4v) is 0.443. The van der Waals surface area contributed by atoms with Crippen LogP contribution in [0.15, 0.2) is 0 Å². The zero-order valence-corrected chi connectivity index (χ0v) is 7.67. The van der Waals surface area contributed by atoms with Crippen LogP contribution >= 0.6 is 0 Å². The summed E-state index contributed by atoms with van der Waals surface area (Å²) in [5.74, 6) is 0. The number of hydrogen-bond acceptors (Lipinski definition) is 8. The monoisotopic (exact) mass is 222 g/mol. The molecule has 0 aromatic rings. The van der Waals surface area contributed by atoms with E-state index in [0.29, 0.717) is 15.4 Å². The van der Waals surface area contributed by atoms with Gasteiger partial charge in [0.1, 0.15) is 18.3 Å². The van der Waals surface area contributed by atoms with Crippen LogP contribution < -0.4 is 0 Å². The maximum Gasteiger partial charge on any atom is 0.469 e. The van der Waals surface area contributed by atoms with Crippen molar-refractivity contribution in [1.82, 2.24) is 0 Å². The first-order valence-electron chi connectivity index (χ1n) is 3.72. The van der Waals surface area contributed by atoms with Crippen molar-refractivity contribution in [1.29, 1.82) is 0 Å². The van der Waals surface area contributed by atoms with Gasteiger partial charge >= 0.3 is 15.4 Å². The molecule has 15 heavy (non-hydrogen) atoms. The lowest BCUT2D eigenvalue weighted by atomic mass is 10.1. The van der Waals surface area contributed by atoms with Crippen LogP contribution in [-0.2, 0) is 9.37 Å². The molecule has 0 aliphatic heterocycles. The van der Waals surface area contributed by atoms with Gasteiger partial charge in [0.15, 0.2) is 6.29 Å². The molecule has 0 aliphatic carbocycles. The van der Waals surface area contributed by atoms with Crippen LogP contribution in [0.1, 0.15) is 0 Å². The molecule has 3 atom stereocenters. The highest BCUT2D eigenvalue weighted by Crippen LogP contribution is 1.96. The molecule has 0 saturated carbocycles. The number of aliphatic hydroxyl groups excluding tert-OH is 4. The number of aliphatic hydroxyl groups is 4. The summed E-state index contributed by atoms with van der Waals surface area (Å²) >= 11 is 0. The molecule has 0 heterocycles.